The van der Waals surface area contributed by atoms with Gasteiger partial charge in [0.1, 0.15) is 0 Å². The third kappa shape index (κ3) is 4.72. The lowest BCUT2D eigenvalue weighted by Gasteiger charge is -2.05. The Balaban J connectivity index is 2.75. The van der Waals surface area contributed by atoms with Gasteiger partial charge in [-0.3, -0.25) is 0 Å². The van der Waals surface area contributed by atoms with Crippen molar-refractivity contribution in [2.75, 3.05) is 6.61 Å². The standard InChI is InChI=1S/C14H18O3/c1-3-4-9-17-13(14(15)16)10-12-7-5-11(2)6-8-12/h5-8,10H,3-4,9H2,1-2H3,(H,15,16). The number of aryl methyl sites for hydroxylation is 1. The van der Waals surface area contributed by atoms with Gasteiger partial charge in [0, 0.05) is 0 Å². The van der Waals surface area contributed by atoms with E-state index in [4.69, 9.17) is 9.84 Å². The fourth-order valence-corrected chi connectivity index (χ4v) is 1.31. The maximum absolute atomic E-state index is 11.0. The van der Waals surface area contributed by atoms with Crippen molar-refractivity contribution in [2.24, 2.45) is 0 Å². The zero-order chi connectivity index (χ0) is 12.7. The average Bonchev–Trinajstić information content (AvgIpc) is 2.30. The van der Waals surface area contributed by atoms with Gasteiger partial charge in [-0.25, -0.2) is 4.79 Å². The number of carbonyl (C=O) groups is 1. The highest BCUT2D eigenvalue weighted by molar-refractivity contribution is 5.89. The van der Waals surface area contributed by atoms with Crippen LogP contribution in [0.15, 0.2) is 30.0 Å². The Labute approximate surface area is 102 Å². The summed E-state index contributed by atoms with van der Waals surface area (Å²) in [6, 6.07) is 7.64. The number of ether oxygens (including phenoxy) is 1. The van der Waals surface area contributed by atoms with E-state index >= 15 is 0 Å². The number of rotatable bonds is 6. The Hall–Kier alpha value is -1.77. The van der Waals surface area contributed by atoms with E-state index in [0.29, 0.717) is 6.61 Å². The second-order valence-electron chi connectivity index (χ2n) is 3.93. The molecule has 0 atom stereocenters. The molecule has 0 saturated carbocycles. The highest BCUT2D eigenvalue weighted by Crippen LogP contribution is 2.10. The highest BCUT2D eigenvalue weighted by atomic mass is 16.5. The number of unbranched alkanes of at least 4 members (excludes halogenated alkanes) is 1. The number of aliphatic carboxylic acids is 1. The molecule has 0 radical (unpaired) electrons. The molecule has 0 aromatic heterocycles. The van der Waals surface area contributed by atoms with E-state index in [1.807, 2.05) is 38.1 Å². The molecule has 3 heteroatoms. The first-order valence-electron chi connectivity index (χ1n) is 5.78. The Morgan fingerprint density at radius 2 is 2.00 bits per heavy atom. The van der Waals surface area contributed by atoms with Crippen LogP contribution in [0.3, 0.4) is 0 Å². The van der Waals surface area contributed by atoms with Crippen LogP contribution in [0.1, 0.15) is 30.9 Å². The highest BCUT2D eigenvalue weighted by Gasteiger charge is 2.08. The van der Waals surface area contributed by atoms with Gasteiger partial charge in [-0.2, -0.15) is 0 Å². The third-order valence-electron chi connectivity index (χ3n) is 2.34. The van der Waals surface area contributed by atoms with Crippen molar-refractivity contribution in [3.05, 3.63) is 41.2 Å². The second kappa shape index (κ2) is 6.74. The van der Waals surface area contributed by atoms with Crippen molar-refractivity contribution in [1.82, 2.24) is 0 Å². The number of hydrogen-bond acceptors (Lipinski definition) is 2. The SMILES string of the molecule is CCCCOC(=Cc1ccc(C)cc1)C(=O)O. The zero-order valence-corrected chi connectivity index (χ0v) is 10.3. The summed E-state index contributed by atoms with van der Waals surface area (Å²) in [4.78, 5) is 11.0. The van der Waals surface area contributed by atoms with E-state index in [0.717, 1.165) is 24.0 Å². The molecule has 0 spiro atoms. The summed E-state index contributed by atoms with van der Waals surface area (Å²) in [6.07, 6.45) is 3.40. The quantitative estimate of drug-likeness (QED) is 0.467. The predicted octanol–water partition coefficient (Wildman–Crippen LogP) is 3.24. The fraction of sp³-hybridized carbons (Fsp3) is 0.357. The molecular formula is C14H18O3. The minimum Gasteiger partial charge on any atom is -0.487 e. The number of benzene rings is 1. The van der Waals surface area contributed by atoms with Crippen LogP contribution in [0.4, 0.5) is 0 Å². The average molecular weight is 234 g/mol. The van der Waals surface area contributed by atoms with Crippen molar-refractivity contribution in [2.45, 2.75) is 26.7 Å². The van der Waals surface area contributed by atoms with Gasteiger partial charge in [0.25, 0.3) is 0 Å². The molecule has 1 N–H and O–H groups in total. The van der Waals surface area contributed by atoms with Crippen molar-refractivity contribution < 1.29 is 14.6 Å². The molecule has 1 aromatic rings. The second-order valence-corrected chi connectivity index (χ2v) is 3.93. The van der Waals surface area contributed by atoms with Gasteiger partial charge >= 0.3 is 5.97 Å². The Kier molecular flexibility index (Phi) is 5.27. The number of hydrogen-bond donors (Lipinski definition) is 1. The van der Waals surface area contributed by atoms with Gasteiger partial charge in [-0.15, -0.1) is 0 Å². The molecular weight excluding hydrogens is 216 g/mol. The zero-order valence-electron chi connectivity index (χ0n) is 10.3. The normalized spacial score (nSPS) is 11.3. The van der Waals surface area contributed by atoms with Gasteiger partial charge < -0.3 is 9.84 Å². The summed E-state index contributed by atoms with van der Waals surface area (Å²) in [7, 11) is 0. The predicted molar refractivity (Wildman–Crippen MR) is 67.7 cm³/mol. The van der Waals surface area contributed by atoms with Crippen LogP contribution in [-0.2, 0) is 9.53 Å². The van der Waals surface area contributed by atoms with Gasteiger partial charge in [-0.05, 0) is 25.0 Å². The van der Waals surface area contributed by atoms with Crippen molar-refractivity contribution >= 4 is 12.0 Å². The van der Waals surface area contributed by atoms with Crippen LogP contribution in [0.2, 0.25) is 0 Å². The minimum atomic E-state index is -1.03. The smallest absolute Gasteiger partial charge is 0.371 e. The molecule has 0 bridgehead atoms. The molecule has 3 nitrogen and oxygen atoms in total. The van der Waals surface area contributed by atoms with Crippen molar-refractivity contribution in [3.63, 3.8) is 0 Å². The van der Waals surface area contributed by atoms with Crippen molar-refractivity contribution in [3.8, 4) is 0 Å². The molecule has 0 aliphatic carbocycles. The first-order chi connectivity index (χ1) is 8.13. The van der Waals surface area contributed by atoms with E-state index in [2.05, 4.69) is 0 Å². The molecule has 0 amide bonds. The maximum Gasteiger partial charge on any atom is 0.371 e. The van der Waals surface area contributed by atoms with Crippen molar-refractivity contribution in [1.29, 1.82) is 0 Å². The summed E-state index contributed by atoms with van der Waals surface area (Å²) in [5, 5.41) is 9.00. The van der Waals surface area contributed by atoms with E-state index in [-0.39, 0.29) is 5.76 Å². The van der Waals surface area contributed by atoms with Crippen LogP contribution in [0.25, 0.3) is 6.08 Å². The van der Waals surface area contributed by atoms with Crippen LogP contribution in [0.5, 0.6) is 0 Å². The summed E-state index contributed by atoms with van der Waals surface area (Å²) >= 11 is 0. The molecule has 0 unspecified atom stereocenters. The lowest BCUT2D eigenvalue weighted by Crippen LogP contribution is -2.05. The molecule has 0 aliphatic rings. The third-order valence-corrected chi connectivity index (χ3v) is 2.34. The Morgan fingerprint density at radius 3 is 2.53 bits per heavy atom. The molecule has 0 aliphatic heterocycles. The summed E-state index contributed by atoms with van der Waals surface area (Å²) in [5.41, 5.74) is 1.98. The van der Waals surface area contributed by atoms with E-state index < -0.39 is 5.97 Å². The van der Waals surface area contributed by atoms with Crippen LogP contribution in [-0.4, -0.2) is 17.7 Å². The van der Waals surface area contributed by atoms with Gasteiger partial charge in [0.2, 0.25) is 5.76 Å². The summed E-state index contributed by atoms with van der Waals surface area (Å²) < 4.78 is 5.24. The fourth-order valence-electron chi connectivity index (χ4n) is 1.31. The molecule has 0 saturated heterocycles. The van der Waals surface area contributed by atoms with Crippen LogP contribution < -0.4 is 0 Å². The first-order valence-corrected chi connectivity index (χ1v) is 5.78. The van der Waals surface area contributed by atoms with E-state index in [1.165, 1.54) is 0 Å². The molecule has 17 heavy (non-hydrogen) atoms. The van der Waals surface area contributed by atoms with E-state index in [9.17, 15) is 4.79 Å². The van der Waals surface area contributed by atoms with Gasteiger partial charge in [0.05, 0.1) is 6.61 Å². The monoisotopic (exact) mass is 234 g/mol. The molecule has 1 rings (SSSR count). The topological polar surface area (TPSA) is 46.5 Å². The molecule has 1 aromatic carbocycles. The largest absolute Gasteiger partial charge is 0.487 e. The first kappa shape index (κ1) is 13.3. The number of carboxylic acids is 1. The van der Waals surface area contributed by atoms with Crippen LogP contribution >= 0.6 is 0 Å². The number of carboxylic acid groups (broad SMARTS) is 1. The van der Waals surface area contributed by atoms with Crippen LogP contribution in [0, 0.1) is 6.92 Å². The maximum atomic E-state index is 11.0. The van der Waals surface area contributed by atoms with Gasteiger partial charge in [-0.1, -0.05) is 43.2 Å². The molecule has 0 heterocycles. The lowest BCUT2D eigenvalue weighted by molar-refractivity contribution is -0.136. The minimum absolute atomic E-state index is 0.00213. The summed E-state index contributed by atoms with van der Waals surface area (Å²) in [5.74, 6) is -1.02. The summed E-state index contributed by atoms with van der Waals surface area (Å²) in [6.45, 7) is 4.47. The lowest BCUT2D eigenvalue weighted by atomic mass is 10.1. The Bertz CT molecular complexity index is 390. The Morgan fingerprint density at radius 1 is 1.35 bits per heavy atom. The van der Waals surface area contributed by atoms with E-state index in [1.54, 1.807) is 6.08 Å². The van der Waals surface area contributed by atoms with Gasteiger partial charge in [0.15, 0.2) is 0 Å². The molecule has 92 valence electrons. The molecule has 0 fully saturated rings.